The first kappa shape index (κ1) is 22.8. The predicted molar refractivity (Wildman–Crippen MR) is 132 cm³/mol. The van der Waals surface area contributed by atoms with Crippen LogP contribution >= 0.6 is 0 Å². The van der Waals surface area contributed by atoms with Crippen LogP contribution in [0.3, 0.4) is 0 Å². The molecule has 180 valence electrons. The van der Waals surface area contributed by atoms with Crippen LogP contribution in [-0.4, -0.2) is 36.1 Å². The summed E-state index contributed by atoms with van der Waals surface area (Å²) in [6.07, 6.45) is 4.36. The number of amides is 1. The molecule has 2 aromatic carbocycles. The Morgan fingerprint density at radius 2 is 1.89 bits per heavy atom. The Labute approximate surface area is 204 Å². The zero-order chi connectivity index (χ0) is 24.2. The molecule has 1 aliphatic heterocycles. The van der Waals surface area contributed by atoms with E-state index in [1.54, 1.807) is 13.3 Å². The standard InChI is InChI=1S/C28H28N2O5/c1-19-26(22-17-21(32-2)12-13-23(22)34-19)28(31)30-15-6-3-7-16-33-24-10-4-5-11-25(24)35-27-20(18-30)9-8-14-29-27/h4-5,8-14,17H,3,6-7,15-16,18H2,1-2H3. The normalized spacial score (nSPS) is 14.4. The monoisotopic (exact) mass is 472 g/mol. The number of nitrogens with zero attached hydrogens (tertiary/aromatic N) is 2. The average molecular weight is 473 g/mol. The van der Waals surface area contributed by atoms with Crippen molar-refractivity contribution in [1.82, 2.24) is 9.88 Å². The number of para-hydroxylation sites is 2. The number of rotatable bonds is 2. The SMILES string of the molecule is COc1ccc2oc(C)c(C(=O)N3CCCCCOc4ccccc4Oc4ncccc4C3)c2c1. The maximum Gasteiger partial charge on any atom is 0.258 e. The van der Waals surface area contributed by atoms with Crippen LogP contribution in [0.15, 0.2) is 65.2 Å². The van der Waals surface area contributed by atoms with Crippen LogP contribution in [-0.2, 0) is 6.54 Å². The highest BCUT2D eigenvalue weighted by molar-refractivity contribution is 6.07. The second-order valence-electron chi connectivity index (χ2n) is 8.55. The van der Waals surface area contributed by atoms with Gasteiger partial charge in [0.05, 0.1) is 25.8 Å². The van der Waals surface area contributed by atoms with Gasteiger partial charge in [-0.05, 0) is 62.6 Å². The Bertz CT molecular complexity index is 1350. The number of carbonyl (C=O) groups excluding carboxylic acids is 1. The molecular formula is C28H28N2O5. The van der Waals surface area contributed by atoms with Gasteiger partial charge in [-0.25, -0.2) is 4.98 Å². The fourth-order valence-electron chi connectivity index (χ4n) is 4.37. The zero-order valence-corrected chi connectivity index (χ0v) is 20.0. The van der Waals surface area contributed by atoms with Gasteiger partial charge in [-0.15, -0.1) is 0 Å². The first-order valence-corrected chi connectivity index (χ1v) is 11.8. The highest BCUT2D eigenvalue weighted by Crippen LogP contribution is 2.34. The zero-order valence-electron chi connectivity index (χ0n) is 20.0. The summed E-state index contributed by atoms with van der Waals surface area (Å²) >= 11 is 0. The lowest BCUT2D eigenvalue weighted by atomic mass is 10.1. The maximum atomic E-state index is 13.9. The van der Waals surface area contributed by atoms with Gasteiger partial charge < -0.3 is 23.5 Å². The second kappa shape index (κ2) is 10.1. The van der Waals surface area contributed by atoms with E-state index < -0.39 is 0 Å². The highest BCUT2D eigenvalue weighted by atomic mass is 16.5. The molecule has 0 bridgehead atoms. The van der Waals surface area contributed by atoms with Gasteiger partial charge in [0.1, 0.15) is 17.1 Å². The maximum absolute atomic E-state index is 13.9. The number of hydrogen-bond donors (Lipinski definition) is 0. The van der Waals surface area contributed by atoms with E-state index >= 15 is 0 Å². The summed E-state index contributed by atoms with van der Waals surface area (Å²) in [6.45, 7) is 3.36. The van der Waals surface area contributed by atoms with E-state index in [-0.39, 0.29) is 5.91 Å². The van der Waals surface area contributed by atoms with Crippen molar-refractivity contribution in [2.45, 2.75) is 32.7 Å². The Kier molecular flexibility index (Phi) is 6.57. The number of benzene rings is 2. The van der Waals surface area contributed by atoms with Gasteiger partial charge in [-0.3, -0.25) is 4.79 Å². The smallest absolute Gasteiger partial charge is 0.258 e. The average Bonchev–Trinajstić information content (AvgIpc) is 3.21. The Morgan fingerprint density at radius 3 is 2.74 bits per heavy atom. The quantitative estimate of drug-likeness (QED) is 0.349. The largest absolute Gasteiger partial charge is 0.497 e. The number of fused-ring (bicyclic) bond motifs is 3. The van der Waals surface area contributed by atoms with Crippen LogP contribution in [0.5, 0.6) is 23.1 Å². The molecule has 7 heteroatoms. The van der Waals surface area contributed by atoms with Crippen molar-refractivity contribution >= 4 is 16.9 Å². The number of carbonyl (C=O) groups is 1. The lowest BCUT2D eigenvalue weighted by Crippen LogP contribution is -2.32. The third kappa shape index (κ3) is 4.80. The molecule has 3 heterocycles. The number of hydrogen-bond acceptors (Lipinski definition) is 6. The van der Waals surface area contributed by atoms with Crippen molar-refractivity contribution in [2.75, 3.05) is 20.3 Å². The van der Waals surface area contributed by atoms with Crippen LogP contribution in [0.1, 0.15) is 40.9 Å². The molecule has 35 heavy (non-hydrogen) atoms. The van der Waals surface area contributed by atoms with Gasteiger partial charge in [0.2, 0.25) is 5.88 Å². The van der Waals surface area contributed by atoms with E-state index in [4.69, 9.17) is 18.6 Å². The van der Waals surface area contributed by atoms with Crippen LogP contribution < -0.4 is 14.2 Å². The van der Waals surface area contributed by atoms with E-state index in [1.165, 1.54) is 0 Å². The van der Waals surface area contributed by atoms with E-state index in [1.807, 2.05) is 66.4 Å². The summed E-state index contributed by atoms with van der Waals surface area (Å²) in [5, 5.41) is 0.750. The minimum Gasteiger partial charge on any atom is -0.497 e. The molecule has 7 nitrogen and oxygen atoms in total. The molecule has 5 rings (SSSR count). The molecule has 1 aliphatic rings. The van der Waals surface area contributed by atoms with Crippen molar-refractivity contribution < 1.29 is 23.4 Å². The summed E-state index contributed by atoms with van der Waals surface area (Å²) < 4.78 is 23.5. The number of pyridine rings is 1. The van der Waals surface area contributed by atoms with Crippen molar-refractivity contribution in [3.8, 4) is 23.1 Å². The molecular weight excluding hydrogens is 444 g/mol. The first-order chi connectivity index (χ1) is 17.1. The van der Waals surface area contributed by atoms with E-state index in [0.29, 0.717) is 59.7 Å². The van der Waals surface area contributed by atoms with E-state index in [9.17, 15) is 4.79 Å². The third-order valence-corrected chi connectivity index (χ3v) is 6.17. The molecule has 0 fully saturated rings. The van der Waals surface area contributed by atoms with Crippen LogP contribution in [0.2, 0.25) is 0 Å². The number of aromatic nitrogens is 1. The Hall–Kier alpha value is -4.00. The van der Waals surface area contributed by atoms with Gasteiger partial charge in [-0.2, -0.15) is 0 Å². The summed E-state index contributed by atoms with van der Waals surface area (Å²) in [5.41, 5.74) is 2.04. The van der Waals surface area contributed by atoms with E-state index in [2.05, 4.69) is 4.98 Å². The van der Waals surface area contributed by atoms with E-state index in [0.717, 1.165) is 30.2 Å². The molecule has 0 spiro atoms. The number of furan rings is 1. The second-order valence-corrected chi connectivity index (χ2v) is 8.55. The van der Waals surface area contributed by atoms with Gasteiger partial charge in [0, 0.05) is 23.7 Å². The minimum atomic E-state index is -0.0872. The van der Waals surface area contributed by atoms with Gasteiger partial charge in [0.25, 0.3) is 5.91 Å². The molecule has 0 radical (unpaired) electrons. The van der Waals surface area contributed by atoms with Crippen LogP contribution in [0.4, 0.5) is 0 Å². The summed E-state index contributed by atoms with van der Waals surface area (Å²) in [4.78, 5) is 20.2. The number of methoxy groups -OCH3 is 1. The fraction of sp³-hybridized carbons (Fsp3) is 0.286. The number of ether oxygens (including phenoxy) is 3. The van der Waals surface area contributed by atoms with Crippen molar-refractivity contribution in [3.05, 3.63) is 77.7 Å². The van der Waals surface area contributed by atoms with Crippen molar-refractivity contribution in [2.24, 2.45) is 0 Å². The first-order valence-electron chi connectivity index (χ1n) is 11.8. The Morgan fingerprint density at radius 1 is 1.03 bits per heavy atom. The lowest BCUT2D eigenvalue weighted by molar-refractivity contribution is 0.0738. The van der Waals surface area contributed by atoms with Crippen LogP contribution in [0, 0.1) is 6.92 Å². The minimum absolute atomic E-state index is 0.0872. The van der Waals surface area contributed by atoms with Gasteiger partial charge in [-0.1, -0.05) is 18.2 Å². The molecule has 2 aromatic heterocycles. The lowest BCUT2D eigenvalue weighted by Gasteiger charge is -2.23. The highest BCUT2D eigenvalue weighted by Gasteiger charge is 2.25. The number of aryl methyl sites for hydroxylation is 1. The van der Waals surface area contributed by atoms with Crippen LogP contribution in [0.25, 0.3) is 11.0 Å². The Balaban J connectivity index is 1.52. The predicted octanol–water partition coefficient (Wildman–Crippen LogP) is 6.14. The molecule has 1 amide bonds. The molecule has 0 saturated carbocycles. The summed E-state index contributed by atoms with van der Waals surface area (Å²) in [6, 6.07) is 16.9. The van der Waals surface area contributed by atoms with Crippen molar-refractivity contribution in [1.29, 1.82) is 0 Å². The molecule has 0 saturated heterocycles. The molecule has 0 atom stereocenters. The van der Waals surface area contributed by atoms with Crippen molar-refractivity contribution in [3.63, 3.8) is 0 Å². The molecule has 0 aliphatic carbocycles. The third-order valence-electron chi connectivity index (χ3n) is 6.17. The molecule has 0 N–H and O–H groups in total. The summed E-state index contributed by atoms with van der Waals surface area (Å²) in [7, 11) is 1.61. The molecule has 4 aromatic rings. The fourth-order valence-corrected chi connectivity index (χ4v) is 4.37. The summed E-state index contributed by atoms with van der Waals surface area (Å²) in [5.74, 6) is 2.93. The van der Waals surface area contributed by atoms with Gasteiger partial charge >= 0.3 is 0 Å². The van der Waals surface area contributed by atoms with Gasteiger partial charge in [0.15, 0.2) is 11.5 Å². The topological polar surface area (TPSA) is 74.0 Å². The molecule has 0 unspecified atom stereocenters.